The molecule has 3 amide bonds. The van der Waals surface area contributed by atoms with E-state index in [1.54, 1.807) is 36.4 Å². The van der Waals surface area contributed by atoms with Crippen molar-refractivity contribution in [2.75, 3.05) is 25.0 Å². The van der Waals surface area contributed by atoms with Crippen LogP contribution in [0.1, 0.15) is 35.3 Å². The molecule has 1 atom stereocenters. The Morgan fingerprint density at radius 3 is 2.06 bits per heavy atom. The molecule has 0 saturated carbocycles. The van der Waals surface area contributed by atoms with Crippen LogP contribution in [0.25, 0.3) is 0 Å². The van der Waals surface area contributed by atoms with Gasteiger partial charge in [-0.1, -0.05) is 25.7 Å². The number of nitrogens with one attached hydrogen (secondary N) is 4. The summed E-state index contributed by atoms with van der Waals surface area (Å²) in [4.78, 5) is 35.6. The lowest BCUT2D eigenvalue weighted by Crippen LogP contribution is -2.50. The van der Waals surface area contributed by atoms with E-state index in [1.807, 2.05) is 12.1 Å². The van der Waals surface area contributed by atoms with Crippen LogP contribution >= 0.6 is 0 Å². The van der Waals surface area contributed by atoms with Gasteiger partial charge in [-0.05, 0) is 61.0 Å². The van der Waals surface area contributed by atoms with Gasteiger partial charge in [0, 0.05) is 28.9 Å². The Hall–Kier alpha value is -3.71. The van der Waals surface area contributed by atoms with Gasteiger partial charge in [0.25, 0.3) is 11.8 Å². The molecule has 0 aliphatic carbocycles. The Labute approximate surface area is 193 Å². The van der Waals surface area contributed by atoms with E-state index in [-0.39, 0.29) is 19.0 Å². The van der Waals surface area contributed by atoms with Gasteiger partial charge in [-0.3, -0.25) is 19.6 Å². The maximum absolute atomic E-state index is 12.2. The molecule has 0 bridgehead atoms. The highest BCUT2D eigenvalue weighted by Crippen LogP contribution is 2.09. The van der Waals surface area contributed by atoms with Crippen LogP contribution in [0.5, 0.6) is 0 Å². The van der Waals surface area contributed by atoms with Crippen molar-refractivity contribution in [2.24, 2.45) is 11.7 Å². The average molecular weight is 452 g/mol. The van der Waals surface area contributed by atoms with Crippen LogP contribution in [-0.2, 0) is 9.59 Å². The fourth-order valence-corrected chi connectivity index (χ4v) is 2.72. The van der Waals surface area contributed by atoms with Crippen molar-refractivity contribution in [3.63, 3.8) is 0 Å². The molecular formula is C24H29N5O4. The first-order valence-electron chi connectivity index (χ1n) is 10.5. The van der Waals surface area contributed by atoms with Crippen LogP contribution in [0.3, 0.4) is 0 Å². The summed E-state index contributed by atoms with van der Waals surface area (Å²) in [6.07, 6.45) is 0. The van der Waals surface area contributed by atoms with Crippen molar-refractivity contribution in [3.05, 3.63) is 65.2 Å². The Morgan fingerprint density at radius 1 is 0.970 bits per heavy atom. The number of hydrogen-bond acceptors (Lipinski definition) is 6. The smallest absolute Gasteiger partial charge is 0.267 e. The number of carbonyl (C=O) groups is 3. The first-order valence-corrected chi connectivity index (χ1v) is 10.5. The maximum atomic E-state index is 12.2. The van der Waals surface area contributed by atoms with Gasteiger partial charge in [0.15, 0.2) is 0 Å². The molecule has 0 heterocycles. The molecule has 0 unspecified atom stereocenters. The molecule has 2 aromatic rings. The van der Waals surface area contributed by atoms with Crippen LogP contribution < -0.4 is 27.2 Å². The molecule has 0 aromatic heterocycles. The van der Waals surface area contributed by atoms with Crippen molar-refractivity contribution < 1.29 is 19.6 Å². The lowest BCUT2D eigenvalue weighted by molar-refractivity contribution is -0.130. The molecule has 0 aliphatic heterocycles. The summed E-state index contributed by atoms with van der Waals surface area (Å²) < 4.78 is 0. The molecule has 0 spiro atoms. The minimum atomic E-state index is -1.04. The number of rotatable bonds is 9. The predicted molar refractivity (Wildman–Crippen MR) is 125 cm³/mol. The molecule has 0 fully saturated rings. The lowest BCUT2D eigenvalue weighted by atomic mass is 10.1. The fourth-order valence-electron chi connectivity index (χ4n) is 2.72. The van der Waals surface area contributed by atoms with Crippen molar-refractivity contribution in [3.8, 4) is 11.8 Å². The van der Waals surface area contributed by atoms with Crippen molar-refractivity contribution in [2.45, 2.75) is 19.9 Å². The van der Waals surface area contributed by atoms with Crippen LogP contribution in [-0.4, -0.2) is 48.6 Å². The van der Waals surface area contributed by atoms with Crippen molar-refractivity contribution in [1.82, 2.24) is 16.1 Å². The van der Waals surface area contributed by atoms with E-state index < -0.39 is 17.9 Å². The van der Waals surface area contributed by atoms with E-state index in [1.165, 1.54) is 5.48 Å². The summed E-state index contributed by atoms with van der Waals surface area (Å²) in [6, 6.07) is 12.7. The van der Waals surface area contributed by atoms with Gasteiger partial charge in [-0.15, -0.1) is 0 Å². The highest BCUT2D eigenvalue weighted by atomic mass is 16.5. The molecule has 7 N–H and O–H groups in total. The molecule has 174 valence electrons. The van der Waals surface area contributed by atoms with E-state index in [4.69, 9.17) is 10.9 Å². The molecule has 0 saturated heterocycles. The van der Waals surface area contributed by atoms with Gasteiger partial charge >= 0.3 is 0 Å². The molecule has 0 radical (unpaired) electrons. The summed E-state index contributed by atoms with van der Waals surface area (Å²) in [5.74, 6) is 5.13. The number of anilines is 1. The SMILES string of the molecule is CC(C)CNCC(=O)Nc1ccc(C#Cc2ccc(C(=O)N[C@@H](CN)C(=O)NO)cc2)cc1. The Kier molecular flexibility index (Phi) is 10.0. The molecule has 9 nitrogen and oxygen atoms in total. The monoisotopic (exact) mass is 451 g/mol. The Morgan fingerprint density at radius 2 is 1.55 bits per heavy atom. The highest BCUT2D eigenvalue weighted by Gasteiger charge is 2.19. The molecule has 9 heteroatoms. The van der Waals surface area contributed by atoms with Crippen molar-refractivity contribution in [1.29, 1.82) is 0 Å². The second kappa shape index (κ2) is 13.0. The zero-order valence-corrected chi connectivity index (χ0v) is 18.6. The molecule has 2 rings (SSSR count). The standard InChI is InChI=1S/C24H29N5O4/c1-16(2)14-26-15-22(30)27-20-11-7-18(8-12-20)4-3-17-5-9-19(10-6-17)23(31)28-21(13-25)24(32)29-33/h5-12,16,21,26,33H,13-15,25H2,1-2H3,(H,27,30)(H,28,31)(H,29,32)/t21-/m0/s1. The van der Waals surface area contributed by atoms with Gasteiger partial charge in [0.2, 0.25) is 5.91 Å². The third-order valence-electron chi connectivity index (χ3n) is 4.47. The number of carbonyl (C=O) groups excluding carboxylic acids is 3. The summed E-state index contributed by atoms with van der Waals surface area (Å²) >= 11 is 0. The fraction of sp³-hybridized carbons (Fsp3) is 0.292. The van der Waals surface area contributed by atoms with Gasteiger partial charge in [0.05, 0.1) is 6.54 Å². The normalized spacial score (nSPS) is 11.2. The van der Waals surface area contributed by atoms with Gasteiger partial charge in [-0.25, -0.2) is 5.48 Å². The quantitative estimate of drug-likeness (QED) is 0.189. The van der Waals surface area contributed by atoms with Crippen molar-refractivity contribution >= 4 is 23.4 Å². The van der Waals surface area contributed by atoms with E-state index >= 15 is 0 Å². The first kappa shape index (κ1) is 25.5. The predicted octanol–water partition coefficient (Wildman–Crippen LogP) is 0.833. The number of hydrogen-bond donors (Lipinski definition) is 6. The summed E-state index contributed by atoms with van der Waals surface area (Å²) in [7, 11) is 0. The topological polar surface area (TPSA) is 146 Å². The lowest BCUT2D eigenvalue weighted by Gasteiger charge is -2.14. The van der Waals surface area contributed by atoms with Gasteiger partial charge in [0.1, 0.15) is 6.04 Å². The molecule has 33 heavy (non-hydrogen) atoms. The summed E-state index contributed by atoms with van der Waals surface area (Å²) in [5, 5.41) is 17.0. The largest absolute Gasteiger partial charge is 0.339 e. The van der Waals surface area contributed by atoms with Crippen LogP contribution in [0, 0.1) is 17.8 Å². The van der Waals surface area contributed by atoms with Crippen LogP contribution in [0.15, 0.2) is 48.5 Å². The minimum Gasteiger partial charge on any atom is -0.339 e. The number of hydroxylamine groups is 1. The molecule has 2 aromatic carbocycles. The van der Waals surface area contributed by atoms with Gasteiger partial charge < -0.3 is 21.7 Å². The minimum absolute atomic E-state index is 0.103. The van der Waals surface area contributed by atoms with E-state index in [2.05, 4.69) is 41.6 Å². The maximum Gasteiger partial charge on any atom is 0.267 e. The second-order valence-electron chi connectivity index (χ2n) is 7.72. The number of nitrogens with two attached hydrogens (primary N) is 1. The first-order chi connectivity index (χ1) is 15.8. The Balaban J connectivity index is 1.92. The number of benzene rings is 2. The third-order valence-corrected chi connectivity index (χ3v) is 4.47. The Bertz CT molecular complexity index is 1010. The zero-order valence-electron chi connectivity index (χ0n) is 18.6. The third kappa shape index (κ3) is 8.74. The summed E-state index contributed by atoms with van der Waals surface area (Å²) in [5.41, 5.74) is 9.38. The average Bonchev–Trinajstić information content (AvgIpc) is 2.81. The molecule has 0 aliphatic rings. The van der Waals surface area contributed by atoms with E-state index in [0.717, 1.165) is 12.1 Å². The van der Waals surface area contributed by atoms with Crippen LogP contribution in [0.4, 0.5) is 5.69 Å². The summed E-state index contributed by atoms with van der Waals surface area (Å²) in [6.45, 7) is 5.04. The van der Waals surface area contributed by atoms with E-state index in [9.17, 15) is 14.4 Å². The van der Waals surface area contributed by atoms with E-state index in [0.29, 0.717) is 22.7 Å². The second-order valence-corrected chi connectivity index (χ2v) is 7.72. The van der Waals surface area contributed by atoms with Gasteiger partial charge in [-0.2, -0.15) is 0 Å². The molecular weight excluding hydrogens is 422 g/mol. The van der Waals surface area contributed by atoms with Crippen LogP contribution in [0.2, 0.25) is 0 Å². The number of amides is 3. The zero-order chi connectivity index (χ0) is 24.2. The highest BCUT2D eigenvalue weighted by molar-refractivity contribution is 5.97.